The lowest BCUT2D eigenvalue weighted by Gasteiger charge is -2.11. The number of hydrogen-bond donors (Lipinski definition) is 2. The second-order valence-corrected chi connectivity index (χ2v) is 6.97. The molecule has 28 heavy (non-hydrogen) atoms. The van der Waals surface area contributed by atoms with Crippen molar-refractivity contribution in [2.45, 2.75) is 4.90 Å². The average Bonchev–Trinajstić information content (AvgIpc) is 2.68. The van der Waals surface area contributed by atoms with Gasteiger partial charge in [-0.15, -0.1) is 0 Å². The van der Waals surface area contributed by atoms with Crippen LogP contribution >= 0.6 is 0 Å². The molecule has 0 atom stereocenters. The van der Waals surface area contributed by atoms with Crippen LogP contribution in [0.25, 0.3) is 21.6 Å². The van der Waals surface area contributed by atoms with Crippen LogP contribution in [-0.4, -0.2) is 18.1 Å². The zero-order valence-corrected chi connectivity index (χ0v) is 15.0. The Morgan fingerprint density at radius 3 is 2.32 bits per heavy atom. The molecule has 3 aromatic rings. The van der Waals surface area contributed by atoms with Crippen molar-refractivity contribution in [2.75, 3.05) is 0 Å². The minimum Gasteiger partial charge on any atom is -0.507 e. The van der Waals surface area contributed by atoms with Crippen molar-refractivity contribution in [3.05, 3.63) is 77.2 Å². The summed E-state index contributed by atoms with van der Waals surface area (Å²) in [6.07, 6.45) is 0. The van der Waals surface area contributed by atoms with Gasteiger partial charge in [-0.25, -0.2) is 0 Å². The average molecular weight is 395 g/mol. The predicted octanol–water partition coefficient (Wildman–Crippen LogP) is 5.66. The standard InChI is InChI=1S/C18H13N5O4S/c19-23-22-18-14(15-11-13(28(25,26)27)9-10-17(15)24)7-4-8-16(18)21-20-12-5-2-1-3-6-12/h1-11,24H,(H,25,26,27). The number of aromatic hydroxyl groups is 1. The SMILES string of the molecule is [N-]=[N+]=Nc1c(N=Nc2ccccc2)cccc1-c1cc(S(=O)(=O)O)ccc1O. The lowest BCUT2D eigenvalue weighted by Crippen LogP contribution is -1.98. The normalized spacial score (nSPS) is 11.3. The monoisotopic (exact) mass is 395 g/mol. The number of azo groups is 1. The fourth-order valence-electron chi connectivity index (χ4n) is 2.48. The molecule has 10 heteroatoms. The van der Waals surface area contributed by atoms with Gasteiger partial charge in [-0.1, -0.05) is 35.4 Å². The highest BCUT2D eigenvalue weighted by Crippen LogP contribution is 2.43. The van der Waals surface area contributed by atoms with Gasteiger partial charge in [0.1, 0.15) is 5.75 Å². The van der Waals surface area contributed by atoms with Gasteiger partial charge < -0.3 is 5.11 Å². The molecule has 9 nitrogen and oxygen atoms in total. The summed E-state index contributed by atoms with van der Waals surface area (Å²) in [5.74, 6) is -0.265. The van der Waals surface area contributed by atoms with E-state index in [-0.39, 0.29) is 28.3 Å². The van der Waals surface area contributed by atoms with Crippen molar-refractivity contribution in [1.82, 2.24) is 0 Å². The number of phenols is 1. The molecular formula is C18H13N5O4S. The minimum absolute atomic E-state index is 0.0486. The minimum atomic E-state index is -4.49. The molecule has 3 rings (SSSR count). The number of phenolic OH excluding ortho intramolecular Hbond substituents is 1. The maximum atomic E-state index is 11.4. The number of benzene rings is 3. The Morgan fingerprint density at radius 1 is 0.893 bits per heavy atom. The van der Waals surface area contributed by atoms with Crippen molar-refractivity contribution in [3.8, 4) is 16.9 Å². The third kappa shape index (κ3) is 4.15. The van der Waals surface area contributed by atoms with E-state index >= 15 is 0 Å². The van der Waals surface area contributed by atoms with E-state index < -0.39 is 15.0 Å². The number of azide groups is 1. The summed E-state index contributed by atoms with van der Waals surface area (Å²) >= 11 is 0. The second-order valence-electron chi connectivity index (χ2n) is 5.55. The third-order valence-corrected chi connectivity index (χ3v) is 4.59. The van der Waals surface area contributed by atoms with Crippen LogP contribution < -0.4 is 0 Å². The van der Waals surface area contributed by atoms with Crippen molar-refractivity contribution < 1.29 is 18.1 Å². The van der Waals surface area contributed by atoms with Gasteiger partial charge in [-0.2, -0.15) is 18.6 Å². The molecule has 0 saturated heterocycles. The summed E-state index contributed by atoms with van der Waals surface area (Å²) < 4.78 is 32.1. The summed E-state index contributed by atoms with van der Waals surface area (Å²) in [5, 5.41) is 22.0. The van der Waals surface area contributed by atoms with Gasteiger partial charge in [0.05, 0.1) is 22.0 Å². The Morgan fingerprint density at radius 2 is 1.64 bits per heavy atom. The smallest absolute Gasteiger partial charge is 0.294 e. The molecule has 0 heterocycles. The van der Waals surface area contributed by atoms with Crippen molar-refractivity contribution in [2.24, 2.45) is 15.3 Å². The molecule has 0 fully saturated rings. The Balaban J connectivity index is 2.18. The van der Waals surface area contributed by atoms with Crippen LogP contribution in [0, 0.1) is 0 Å². The quantitative estimate of drug-likeness (QED) is 0.248. The van der Waals surface area contributed by atoms with Gasteiger partial charge in [0.15, 0.2) is 0 Å². The van der Waals surface area contributed by atoms with Crippen molar-refractivity contribution in [1.29, 1.82) is 0 Å². The number of hydrogen-bond acceptors (Lipinski definition) is 6. The van der Waals surface area contributed by atoms with Gasteiger partial charge in [-0.05, 0) is 47.5 Å². The summed E-state index contributed by atoms with van der Waals surface area (Å²) in [4.78, 5) is 2.37. The molecule has 3 aromatic carbocycles. The predicted molar refractivity (Wildman–Crippen MR) is 103 cm³/mol. The Kier molecular flexibility index (Phi) is 5.37. The maximum absolute atomic E-state index is 11.4. The van der Waals surface area contributed by atoms with Crippen LogP contribution in [0.4, 0.5) is 17.1 Å². The molecule has 0 spiro atoms. The third-order valence-electron chi connectivity index (χ3n) is 3.74. The van der Waals surface area contributed by atoms with Crippen LogP contribution in [0.5, 0.6) is 5.75 Å². The molecular weight excluding hydrogens is 382 g/mol. The lowest BCUT2D eigenvalue weighted by atomic mass is 10.0. The maximum Gasteiger partial charge on any atom is 0.294 e. The Bertz CT molecular complexity index is 1200. The van der Waals surface area contributed by atoms with E-state index in [9.17, 15) is 18.1 Å². The van der Waals surface area contributed by atoms with Gasteiger partial charge in [0.25, 0.3) is 10.1 Å². The summed E-state index contributed by atoms with van der Waals surface area (Å²) in [5.41, 5.74) is 10.1. The highest BCUT2D eigenvalue weighted by molar-refractivity contribution is 7.85. The zero-order valence-electron chi connectivity index (χ0n) is 14.2. The van der Waals surface area contributed by atoms with Gasteiger partial charge in [0.2, 0.25) is 0 Å². The molecule has 0 aliphatic heterocycles. The van der Waals surface area contributed by atoms with Crippen LogP contribution in [0.15, 0.2) is 87.0 Å². The first kappa shape index (κ1) is 19.1. The van der Waals surface area contributed by atoms with E-state index in [0.29, 0.717) is 5.69 Å². The van der Waals surface area contributed by atoms with E-state index in [1.54, 1.807) is 36.4 Å². The largest absolute Gasteiger partial charge is 0.507 e. The molecule has 0 unspecified atom stereocenters. The molecule has 0 amide bonds. The van der Waals surface area contributed by atoms with Crippen LogP contribution in [0.1, 0.15) is 0 Å². The Labute approximate surface area is 160 Å². The molecule has 0 aliphatic rings. The topological polar surface area (TPSA) is 148 Å². The van der Waals surface area contributed by atoms with Gasteiger partial charge in [0, 0.05) is 10.5 Å². The Hall–Kier alpha value is -3.72. The lowest BCUT2D eigenvalue weighted by molar-refractivity contribution is 0.474. The van der Waals surface area contributed by atoms with Crippen LogP contribution in [0.2, 0.25) is 0 Å². The van der Waals surface area contributed by atoms with Gasteiger partial charge in [-0.3, -0.25) is 4.55 Å². The molecule has 0 aliphatic carbocycles. The fraction of sp³-hybridized carbons (Fsp3) is 0. The molecule has 0 aromatic heterocycles. The van der Waals surface area contributed by atoms with E-state index in [2.05, 4.69) is 20.3 Å². The molecule has 0 radical (unpaired) electrons. The first-order valence-corrected chi connectivity index (χ1v) is 9.30. The molecule has 2 N–H and O–H groups in total. The fourth-order valence-corrected chi connectivity index (χ4v) is 2.98. The highest BCUT2D eigenvalue weighted by Gasteiger charge is 2.17. The van der Waals surface area contributed by atoms with Crippen LogP contribution in [-0.2, 0) is 10.1 Å². The van der Waals surface area contributed by atoms with E-state index in [4.69, 9.17) is 5.53 Å². The zero-order chi connectivity index (χ0) is 20.1. The first-order valence-electron chi connectivity index (χ1n) is 7.86. The van der Waals surface area contributed by atoms with E-state index in [1.165, 1.54) is 6.07 Å². The number of nitrogens with zero attached hydrogens (tertiary/aromatic N) is 5. The highest BCUT2D eigenvalue weighted by atomic mass is 32.2. The van der Waals surface area contributed by atoms with E-state index in [0.717, 1.165) is 18.2 Å². The first-order chi connectivity index (χ1) is 13.4. The molecule has 140 valence electrons. The summed E-state index contributed by atoms with van der Waals surface area (Å²) in [6, 6.07) is 16.8. The summed E-state index contributed by atoms with van der Waals surface area (Å²) in [7, 11) is -4.49. The summed E-state index contributed by atoms with van der Waals surface area (Å²) in [6.45, 7) is 0. The molecule has 0 bridgehead atoms. The number of rotatable bonds is 5. The van der Waals surface area contributed by atoms with Crippen molar-refractivity contribution >= 4 is 27.2 Å². The van der Waals surface area contributed by atoms with Gasteiger partial charge >= 0.3 is 0 Å². The van der Waals surface area contributed by atoms with Crippen molar-refractivity contribution in [3.63, 3.8) is 0 Å². The second kappa shape index (κ2) is 7.89. The molecule has 0 saturated carbocycles. The van der Waals surface area contributed by atoms with E-state index in [1.807, 2.05) is 6.07 Å². The van der Waals surface area contributed by atoms with Crippen LogP contribution in [0.3, 0.4) is 0 Å².